The van der Waals surface area contributed by atoms with Crippen LogP contribution in [0.1, 0.15) is 39.7 Å². The highest BCUT2D eigenvalue weighted by Gasteiger charge is 2.11. The zero-order valence-electron chi connectivity index (χ0n) is 12.8. The van der Waals surface area contributed by atoms with Gasteiger partial charge in [0.25, 0.3) is 0 Å². The van der Waals surface area contributed by atoms with Gasteiger partial charge in [-0.1, -0.05) is 39.8 Å². The van der Waals surface area contributed by atoms with Gasteiger partial charge >= 0.3 is 0 Å². The first-order chi connectivity index (χ1) is 9.28. The third-order valence-electron chi connectivity index (χ3n) is 2.91. The van der Waals surface area contributed by atoms with E-state index in [2.05, 4.69) is 23.9 Å². The molecule has 0 spiro atoms. The third kappa shape index (κ3) is 6.91. The summed E-state index contributed by atoms with van der Waals surface area (Å²) >= 11 is 0. The molecule has 1 aromatic rings. The molecule has 0 saturated carbocycles. The summed E-state index contributed by atoms with van der Waals surface area (Å²) in [5.74, 6) is 0.553. The van der Waals surface area contributed by atoms with E-state index >= 15 is 0 Å². The molecule has 0 unspecified atom stereocenters. The third-order valence-corrected chi connectivity index (χ3v) is 4.23. The Labute approximate surface area is 123 Å². The second-order valence-electron chi connectivity index (χ2n) is 5.84. The van der Waals surface area contributed by atoms with E-state index < -0.39 is 10.0 Å². The Kier molecular flexibility index (Phi) is 6.49. The van der Waals surface area contributed by atoms with E-state index in [-0.39, 0.29) is 5.75 Å². The zero-order valence-corrected chi connectivity index (χ0v) is 13.6. The molecule has 0 atom stereocenters. The summed E-state index contributed by atoms with van der Waals surface area (Å²) in [6.07, 6.45) is 0.672. The smallest absolute Gasteiger partial charge is 0.232 e. The lowest BCUT2D eigenvalue weighted by Gasteiger charge is -2.11. The molecule has 114 valence electrons. The molecule has 2 N–H and O–H groups in total. The van der Waals surface area contributed by atoms with E-state index in [4.69, 9.17) is 0 Å². The minimum atomic E-state index is -3.23. The molecule has 0 aliphatic rings. The second-order valence-corrected chi connectivity index (χ2v) is 7.68. The monoisotopic (exact) mass is 298 g/mol. The van der Waals surface area contributed by atoms with Gasteiger partial charge in [-0.3, -0.25) is 4.72 Å². The van der Waals surface area contributed by atoms with E-state index in [0.717, 1.165) is 12.1 Å². The maximum absolute atomic E-state index is 11.9. The molecule has 20 heavy (non-hydrogen) atoms. The van der Waals surface area contributed by atoms with Gasteiger partial charge in [-0.15, -0.1) is 0 Å². The van der Waals surface area contributed by atoms with Gasteiger partial charge in [-0.05, 0) is 30.0 Å². The van der Waals surface area contributed by atoms with Crippen LogP contribution in [0.4, 0.5) is 5.69 Å². The van der Waals surface area contributed by atoms with Gasteiger partial charge in [0, 0.05) is 18.3 Å². The van der Waals surface area contributed by atoms with Crippen LogP contribution < -0.4 is 10.0 Å². The Morgan fingerprint density at radius 2 is 1.65 bits per heavy atom. The van der Waals surface area contributed by atoms with Crippen LogP contribution in [0.5, 0.6) is 0 Å². The maximum atomic E-state index is 11.9. The fourth-order valence-electron chi connectivity index (χ4n) is 1.63. The molecule has 0 aromatic heterocycles. The van der Waals surface area contributed by atoms with E-state index in [1.54, 1.807) is 0 Å². The number of sulfonamides is 1. The van der Waals surface area contributed by atoms with Crippen LogP contribution in [0.2, 0.25) is 0 Å². The fraction of sp³-hybridized carbons (Fsp3) is 0.600. The predicted octanol–water partition coefficient (Wildman–Crippen LogP) is 2.97. The van der Waals surface area contributed by atoms with Gasteiger partial charge in [0.05, 0.1) is 5.75 Å². The van der Waals surface area contributed by atoms with E-state index in [0.29, 0.717) is 24.1 Å². The van der Waals surface area contributed by atoms with Crippen LogP contribution in [0.3, 0.4) is 0 Å². The van der Waals surface area contributed by atoms with E-state index in [9.17, 15) is 8.42 Å². The van der Waals surface area contributed by atoms with Crippen molar-refractivity contribution in [3.63, 3.8) is 0 Å². The number of rotatable bonds is 8. The molecule has 0 bridgehead atoms. The summed E-state index contributed by atoms with van der Waals surface area (Å²) in [5, 5.41) is 3.32. The van der Waals surface area contributed by atoms with Crippen LogP contribution in [0, 0.1) is 5.92 Å². The molecule has 0 amide bonds. The Balaban J connectivity index is 2.56. The highest BCUT2D eigenvalue weighted by atomic mass is 32.2. The predicted molar refractivity (Wildman–Crippen MR) is 85.3 cm³/mol. The largest absolute Gasteiger partial charge is 0.310 e. The van der Waals surface area contributed by atoms with Crippen molar-refractivity contribution in [2.24, 2.45) is 5.92 Å². The van der Waals surface area contributed by atoms with Crippen molar-refractivity contribution in [1.82, 2.24) is 5.32 Å². The number of nitrogens with one attached hydrogen (secondary N) is 2. The Bertz CT molecular complexity index is 493. The molecule has 1 rings (SSSR count). The molecule has 0 aliphatic heterocycles. The summed E-state index contributed by atoms with van der Waals surface area (Å²) in [7, 11) is -3.23. The molecular formula is C15H26N2O2S. The average Bonchev–Trinajstić information content (AvgIpc) is 2.35. The first-order valence-corrected chi connectivity index (χ1v) is 8.76. The SMILES string of the molecule is CC(C)CCS(=O)(=O)Nc1ccc(CNC(C)C)cc1. The molecule has 1 aromatic carbocycles. The average molecular weight is 298 g/mol. The van der Waals surface area contributed by atoms with Gasteiger partial charge in [0.1, 0.15) is 0 Å². The molecule has 5 heteroatoms. The summed E-state index contributed by atoms with van der Waals surface area (Å²) in [5.41, 5.74) is 1.77. The number of hydrogen-bond donors (Lipinski definition) is 2. The van der Waals surface area contributed by atoms with Crippen molar-refractivity contribution in [3.8, 4) is 0 Å². The Morgan fingerprint density at radius 1 is 1.05 bits per heavy atom. The van der Waals surface area contributed by atoms with Crippen LogP contribution >= 0.6 is 0 Å². The van der Waals surface area contributed by atoms with Crippen molar-refractivity contribution in [2.75, 3.05) is 10.5 Å². The number of anilines is 1. The standard InChI is InChI=1S/C15H26N2O2S/c1-12(2)9-10-20(18,19)17-15-7-5-14(6-8-15)11-16-13(3)4/h5-8,12-13,16-17H,9-11H2,1-4H3. The molecule has 0 fully saturated rings. The van der Waals surface area contributed by atoms with E-state index in [1.807, 2.05) is 38.1 Å². The molecule has 0 heterocycles. The summed E-state index contributed by atoms with van der Waals surface area (Å²) in [4.78, 5) is 0. The first kappa shape index (κ1) is 17.0. The quantitative estimate of drug-likeness (QED) is 0.775. The van der Waals surface area contributed by atoms with Gasteiger partial charge in [0.2, 0.25) is 10.0 Å². The number of hydrogen-bond acceptors (Lipinski definition) is 3. The Morgan fingerprint density at radius 3 is 2.15 bits per heavy atom. The lowest BCUT2D eigenvalue weighted by atomic mass is 10.2. The van der Waals surface area contributed by atoms with Crippen LogP contribution in [0.25, 0.3) is 0 Å². The van der Waals surface area contributed by atoms with Crippen molar-refractivity contribution in [1.29, 1.82) is 0 Å². The van der Waals surface area contributed by atoms with Crippen LogP contribution in [-0.4, -0.2) is 20.2 Å². The lowest BCUT2D eigenvalue weighted by molar-refractivity contribution is 0.578. The van der Waals surface area contributed by atoms with Gasteiger partial charge in [-0.25, -0.2) is 8.42 Å². The number of benzene rings is 1. The highest BCUT2D eigenvalue weighted by molar-refractivity contribution is 7.92. The summed E-state index contributed by atoms with van der Waals surface area (Å²) in [6, 6.07) is 7.93. The van der Waals surface area contributed by atoms with Crippen molar-refractivity contribution < 1.29 is 8.42 Å². The van der Waals surface area contributed by atoms with Gasteiger partial charge < -0.3 is 5.32 Å². The first-order valence-electron chi connectivity index (χ1n) is 7.11. The maximum Gasteiger partial charge on any atom is 0.232 e. The minimum Gasteiger partial charge on any atom is -0.310 e. The topological polar surface area (TPSA) is 58.2 Å². The van der Waals surface area contributed by atoms with Crippen molar-refractivity contribution >= 4 is 15.7 Å². The zero-order chi connectivity index (χ0) is 15.2. The minimum absolute atomic E-state index is 0.168. The van der Waals surface area contributed by atoms with Crippen molar-refractivity contribution in [2.45, 2.75) is 46.7 Å². The molecule has 4 nitrogen and oxygen atoms in total. The summed E-state index contributed by atoms with van der Waals surface area (Å²) in [6.45, 7) is 9.02. The normalized spacial score (nSPS) is 12.1. The van der Waals surface area contributed by atoms with Crippen LogP contribution in [-0.2, 0) is 16.6 Å². The highest BCUT2D eigenvalue weighted by Crippen LogP contribution is 2.13. The summed E-state index contributed by atoms with van der Waals surface area (Å²) < 4.78 is 26.4. The second kappa shape index (κ2) is 7.64. The Hall–Kier alpha value is -1.07. The van der Waals surface area contributed by atoms with Crippen molar-refractivity contribution in [3.05, 3.63) is 29.8 Å². The van der Waals surface area contributed by atoms with Gasteiger partial charge in [-0.2, -0.15) is 0 Å². The van der Waals surface area contributed by atoms with Gasteiger partial charge in [0.15, 0.2) is 0 Å². The molecule has 0 radical (unpaired) electrons. The fourth-order valence-corrected chi connectivity index (χ4v) is 3.01. The molecule has 0 aliphatic carbocycles. The lowest BCUT2D eigenvalue weighted by Crippen LogP contribution is -2.21. The molecular weight excluding hydrogens is 272 g/mol. The van der Waals surface area contributed by atoms with Crippen LogP contribution in [0.15, 0.2) is 24.3 Å². The molecule has 0 saturated heterocycles. The van der Waals surface area contributed by atoms with E-state index in [1.165, 1.54) is 0 Å².